The Balaban J connectivity index is 1.43. The largest absolute Gasteiger partial charge is 0.394 e. The summed E-state index contributed by atoms with van der Waals surface area (Å²) in [5.74, 6) is -1.04. The van der Waals surface area contributed by atoms with Crippen molar-refractivity contribution in [2.24, 2.45) is 0 Å². The summed E-state index contributed by atoms with van der Waals surface area (Å²) in [5.41, 5.74) is 0.680. The van der Waals surface area contributed by atoms with Gasteiger partial charge in [0.05, 0.1) is 24.3 Å². The monoisotopic (exact) mass is 415 g/mol. The van der Waals surface area contributed by atoms with Crippen LogP contribution in [0.4, 0.5) is 14.9 Å². The Morgan fingerprint density at radius 1 is 1.07 bits per heavy atom. The number of nitrogens with one attached hydrogen (secondary N) is 3. The summed E-state index contributed by atoms with van der Waals surface area (Å²) in [5, 5.41) is 17.9. The second kappa shape index (κ2) is 10.7. The number of urea groups is 1. The summed E-state index contributed by atoms with van der Waals surface area (Å²) < 4.78 is 19.5. The van der Waals surface area contributed by atoms with Crippen LogP contribution in [0.2, 0.25) is 0 Å². The summed E-state index contributed by atoms with van der Waals surface area (Å²) in [6, 6.07) is 14.2. The summed E-state index contributed by atoms with van der Waals surface area (Å²) >= 11 is 0. The van der Waals surface area contributed by atoms with E-state index in [0.717, 1.165) is 0 Å². The van der Waals surface area contributed by atoms with E-state index in [1.54, 1.807) is 18.2 Å². The molecule has 0 radical (unpaired) electrons. The van der Waals surface area contributed by atoms with Gasteiger partial charge in [-0.1, -0.05) is 30.3 Å². The maximum atomic E-state index is 13.7. The first-order valence-electron chi connectivity index (χ1n) is 9.98. The summed E-state index contributed by atoms with van der Waals surface area (Å²) in [4.78, 5) is 24.3. The second-order valence-corrected chi connectivity index (χ2v) is 7.15. The maximum absolute atomic E-state index is 13.7. The normalized spacial score (nSPS) is 20.9. The molecule has 0 aliphatic carbocycles. The van der Waals surface area contributed by atoms with E-state index in [-0.39, 0.29) is 30.3 Å². The fourth-order valence-electron chi connectivity index (χ4n) is 3.45. The van der Waals surface area contributed by atoms with Gasteiger partial charge in [-0.25, -0.2) is 9.18 Å². The van der Waals surface area contributed by atoms with E-state index >= 15 is 0 Å². The number of halogens is 1. The molecule has 4 N–H and O–H groups in total. The molecule has 8 heteroatoms. The highest BCUT2D eigenvalue weighted by Gasteiger charge is 2.31. The van der Waals surface area contributed by atoms with Gasteiger partial charge < -0.3 is 25.8 Å². The number of benzene rings is 2. The lowest BCUT2D eigenvalue weighted by Crippen LogP contribution is -2.52. The predicted molar refractivity (Wildman–Crippen MR) is 111 cm³/mol. The second-order valence-electron chi connectivity index (χ2n) is 7.15. The van der Waals surface area contributed by atoms with Crippen molar-refractivity contribution >= 4 is 17.6 Å². The van der Waals surface area contributed by atoms with E-state index in [0.29, 0.717) is 31.5 Å². The number of carbonyl (C=O) groups excluding carboxylic acids is 2. The van der Waals surface area contributed by atoms with E-state index in [1.165, 1.54) is 18.2 Å². The lowest BCUT2D eigenvalue weighted by Gasteiger charge is -2.36. The van der Waals surface area contributed by atoms with Crippen LogP contribution >= 0.6 is 0 Å². The zero-order valence-electron chi connectivity index (χ0n) is 16.5. The van der Waals surface area contributed by atoms with E-state index in [1.807, 2.05) is 18.2 Å². The number of para-hydroxylation sites is 1. The Bertz CT molecular complexity index is 849. The number of carbonyl (C=O) groups is 2. The molecule has 0 aromatic heterocycles. The van der Waals surface area contributed by atoms with Gasteiger partial charge in [-0.05, 0) is 43.5 Å². The minimum Gasteiger partial charge on any atom is -0.394 e. The molecular weight excluding hydrogens is 389 g/mol. The van der Waals surface area contributed by atoms with Crippen LogP contribution in [0, 0.1) is 5.82 Å². The van der Waals surface area contributed by atoms with Gasteiger partial charge >= 0.3 is 6.03 Å². The molecule has 1 saturated heterocycles. The van der Waals surface area contributed by atoms with Crippen LogP contribution in [0.25, 0.3) is 0 Å². The Hall–Kier alpha value is -2.97. The first-order chi connectivity index (χ1) is 14.6. The van der Waals surface area contributed by atoms with Crippen molar-refractivity contribution < 1.29 is 23.8 Å². The fraction of sp³-hybridized carbons (Fsp3) is 0.364. The molecule has 0 bridgehead atoms. The third kappa shape index (κ3) is 6.01. The maximum Gasteiger partial charge on any atom is 0.319 e. The van der Waals surface area contributed by atoms with Gasteiger partial charge in [0.15, 0.2) is 0 Å². The molecule has 30 heavy (non-hydrogen) atoms. The highest BCUT2D eigenvalue weighted by molar-refractivity contribution is 5.94. The van der Waals surface area contributed by atoms with Crippen molar-refractivity contribution in [1.29, 1.82) is 0 Å². The van der Waals surface area contributed by atoms with Crippen LogP contribution in [-0.4, -0.2) is 48.4 Å². The third-order valence-electron chi connectivity index (χ3n) is 5.01. The molecule has 1 heterocycles. The number of aliphatic hydroxyl groups excluding tert-OH is 1. The first kappa shape index (κ1) is 21.7. The molecule has 7 nitrogen and oxygen atoms in total. The highest BCUT2D eigenvalue weighted by Crippen LogP contribution is 2.22. The zero-order valence-corrected chi connectivity index (χ0v) is 16.5. The standard InChI is InChI=1S/C22H26FN3O4/c23-18-9-5-4-8-17(18)21(28)24-13-12-16-10-11-19(20(14-27)30-16)26-22(29)25-15-6-2-1-3-7-15/h1-9,16,19-20,27H,10-14H2,(H,24,28)(H2,25,26,29)/t16-,19+,20+/m0/s1. The molecule has 1 fully saturated rings. The van der Waals surface area contributed by atoms with Gasteiger partial charge in [-0.3, -0.25) is 4.79 Å². The Kier molecular flexibility index (Phi) is 7.75. The van der Waals surface area contributed by atoms with E-state index in [9.17, 15) is 19.1 Å². The number of rotatable bonds is 7. The smallest absolute Gasteiger partial charge is 0.319 e. The van der Waals surface area contributed by atoms with Crippen LogP contribution in [0.1, 0.15) is 29.6 Å². The fourth-order valence-corrected chi connectivity index (χ4v) is 3.45. The Morgan fingerprint density at radius 3 is 2.53 bits per heavy atom. The highest BCUT2D eigenvalue weighted by atomic mass is 19.1. The molecule has 0 spiro atoms. The minimum absolute atomic E-state index is 0.00369. The molecule has 1 aliphatic rings. The van der Waals surface area contributed by atoms with Crippen molar-refractivity contribution in [1.82, 2.24) is 10.6 Å². The number of ether oxygens (including phenoxy) is 1. The van der Waals surface area contributed by atoms with E-state index in [4.69, 9.17) is 4.74 Å². The van der Waals surface area contributed by atoms with Crippen molar-refractivity contribution in [3.8, 4) is 0 Å². The van der Waals surface area contributed by atoms with Gasteiger partial charge in [0.1, 0.15) is 11.9 Å². The number of anilines is 1. The van der Waals surface area contributed by atoms with Gasteiger partial charge in [0.25, 0.3) is 5.91 Å². The van der Waals surface area contributed by atoms with Crippen molar-refractivity contribution in [3.05, 3.63) is 66.0 Å². The molecule has 160 valence electrons. The predicted octanol–water partition coefficient (Wildman–Crippen LogP) is 2.68. The SMILES string of the molecule is O=C(Nc1ccccc1)N[C@@H]1CC[C@@H](CCNC(=O)c2ccccc2F)O[C@@H]1CO. The molecule has 3 amide bonds. The van der Waals surface area contributed by atoms with E-state index in [2.05, 4.69) is 16.0 Å². The van der Waals surface area contributed by atoms with E-state index < -0.39 is 17.8 Å². The summed E-state index contributed by atoms with van der Waals surface area (Å²) in [6.45, 7) is 0.0942. The van der Waals surface area contributed by atoms with Crippen molar-refractivity contribution in [2.45, 2.75) is 37.5 Å². The third-order valence-corrected chi connectivity index (χ3v) is 5.01. The van der Waals surface area contributed by atoms with Crippen molar-refractivity contribution in [2.75, 3.05) is 18.5 Å². The minimum atomic E-state index is -0.563. The molecule has 3 rings (SSSR count). The van der Waals surface area contributed by atoms with Gasteiger partial charge in [0, 0.05) is 12.2 Å². The lowest BCUT2D eigenvalue weighted by atomic mass is 9.97. The first-order valence-corrected chi connectivity index (χ1v) is 9.98. The van der Waals surface area contributed by atoms with Gasteiger partial charge in [0.2, 0.25) is 0 Å². The molecule has 2 aromatic rings. The Morgan fingerprint density at radius 2 is 1.80 bits per heavy atom. The molecular formula is C22H26FN3O4. The molecule has 0 unspecified atom stereocenters. The average molecular weight is 415 g/mol. The van der Waals surface area contributed by atoms with Crippen LogP contribution in [0.5, 0.6) is 0 Å². The van der Waals surface area contributed by atoms with Crippen molar-refractivity contribution in [3.63, 3.8) is 0 Å². The lowest BCUT2D eigenvalue weighted by molar-refractivity contribution is -0.0886. The van der Waals surface area contributed by atoms with Crippen LogP contribution in [0.15, 0.2) is 54.6 Å². The molecule has 2 aromatic carbocycles. The van der Waals surface area contributed by atoms with Gasteiger partial charge in [-0.15, -0.1) is 0 Å². The quantitative estimate of drug-likeness (QED) is 0.559. The summed E-state index contributed by atoms with van der Waals surface area (Å²) in [6.07, 6.45) is 1.13. The number of aliphatic hydroxyl groups is 1. The zero-order chi connectivity index (χ0) is 21.3. The molecule has 1 aliphatic heterocycles. The van der Waals surface area contributed by atoms with Crippen LogP contribution in [-0.2, 0) is 4.74 Å². The van der Waals surface area contributed by atoms with Crippen LogP contribution < -0.4 is 16.0 Å². The molecule has 3 atom stereocenters. The topological polar surface area (TPSA) is 99.7 Å². The summed E-state index contributed by atoms with van der Waals surface area (Å²) in [7, 11) is 0. The number of hydrogen-bond donors (Lipinski definition) is 4. The number of hydrogen-bond acceptors (Lipinski definition) is 4. The average Bonchev–Trinajstić information content (AvgIpc) is 2.75. The number of amides is 3. The Labute approximate surface area is 174 Å². The van der Waals surface area contributed by atoms with Gasteiger partial charge in [-0.2, -0.15) is 0 Å². The molecule has 0 saturated carbocycles. The van der Waals surface area contributed by atoms with Crippen LogP contribution in [0.3, 0.4) is 0 Å².